The van der Waals surface area contributed by atoms with Crippen LogP contribution in [0.5, 0.6) is 0 Å². The molecule has 0 rings (SSSR count). The van der Waals surface area contributed by atoms with Crippen LogP contribution in [0.25, 0.3) is 0 Å². The summed E-state index contributed by atoms with van der Waals surface area (Å²) in [4.78, 5) is 10.9. The molecule has 0 fully saturated rings. The molecule has 0 aliphatic rings. The lowest BCUT2D eigenvalue weighted by molar-refractivity contribution is -0.140. The molecule has 0 amide bonds. The van der Waals surface area contributed by atoms with Crippen molar-refractivity contribution in [2.45, 2.75) is 96.5 Å². The van der Waals surface area contributed by atoms with Gasteiger partial charge in [0.25, 0.3) is 0 Å². The number of carbonyl (C=O) groups excluding carboxylic acids is 1. The number of carbonyl (C=O) groups is 1. The second-order valence-electron chi connectivity index (χ2n) is 5.74. The molecule has 0 aromatic heterocycles. The van der Waals surface area contributed by atoms with Crippen LogP contribution in [0, 0.1) is 0 Å². The van der Waals surface area contributed by atoms with Crippen molar-refractivity contribution in [1.29, 1.82) is 0 Å². The molecule has 0 heterocycles. The van der Waals surface area contributed by atoms with Gasteiger partial charge in [-0.15, -0.1) is 0 Å². The summed E-state index contributed by atoms with van der Waals surface area (Å²) < 4.78 is 4.60. The highest BCUT2D eigenvalue weighted by Crippen LogP contribution is 2.13. The molecule has 20 heavy (non-hydrogen) atoms. The largest absolute Gasteiger partial charge is 0.469 e. The second-order valence-corrected chi connectivity index (χ2v) is 5.74. The molecule has 0 saturated carbocycles. The highest BCUT2D eigenvalue weighted by Gasteiger charge is 2.04. The summed E-state index contributed by atoms with van der Waals surface area (Å²) in [7, 11) is 1.43. The molecule has 0 radical (unpaired) electrons. The van der Waals surface area contributed by atoms with E-state index < -0.39 is 0 Å². The smallest absolute Gasteiger partial charge is 0.305 e. The van der Waals surface area contributed by atoms with Gasteiger partial charge in [-0.1, -0.05) is 64.7 Å². The van der Waals surface area contributed by atoms with Crippen molar-refractivity contribution in [3.8, 4) is 0 Å². The number of rotatable bonds is 14. The molecule has 1 atom stereocenters. The molecule has 0 aliphatic heterocycles. The number of hydrogen-bond donors (Lipinski definition) is 1. The summed E-state index contributed by atoms with van der Waals surface area (Å²) in [5.74, 6) is -0.117. The Hall–Kier alpha value is -0.570. The van der Waals surface area contributed by atoms with Crippen molar-refractivity contribution in [2.24, 2.45) is 0 Å². The van der Waals surface area contributed by atoms with Crippen LogP contribution in [0.2, 0.25) is 0 Å². The van der Waals surface area contributed by atoms with Crippen molar-refractivity contribution in [3.63, 3.8) is 0 Å². The summed E-state index contributed by atoms with van der Waals surface area (Å²) in [5.41, 5.74) is 0. The van der Waals surface area contributed by atoms with Crippen LogP contribution in [-0.2, 0) is 9.53 Å². The summed E-state index contributed by atoms with van der Waals surface area (Å²) in [6, 6.07) is 0. The first kappa shape index (κ1) is 19.4. The van der Waals surface area contributed by atoms with Crippen molar-refractivity contribution >= 4 is 5.97 Å². The Kier molecular flexibility index (Phi) is 14.4. The van der Waals surface area contributed by atoms with Gasteiger partial charge in [-0.3, -0.25) is 4.79 Å². The van der Waals surface area contributed by atoms with E-state index >= 15 is 0 Å². The third-order valence-corrected chi connectivity index (χ3v) is 3.79. The van der Waals surface area contributed by atoms with Crippen LogP contribution in [-0.4, -0.2) is 24.3 Å². The van der Waals surface area contributed by atoms with Gasteiger partial charge in [-0.2, -0.15) is 0 Å². The zero-order valence-corrected chi connectivity index (χ0v) is 13.5. The highest BCUT2D eigenvalue weighted by molar-refractivity contribution is 5.68. The maximum atomic E-state index is 10.9. The number of methoxy groups -OCH3 is 1. The molecule has 3 nitrogen and oxygen atoms in total. The van der Waals surface area contributed by atoms with Gasteiger partial charge in [0.1, 0.15) is 0 Å². The van der Waals surface area contributed by atoms with E-state index in [2.05, 4.69) is 11.7 Å². The third kappa shape index (κ3) is 13.9. The first-order chi connectivity index (χ1) is 9.70. The van der Waals surface area contributed by atoms with E-state index in [1.54, 1.807) is 0 Å². The van der Waals surface area contributed by atoms with Crippen LogP contribution in [0.3, 0.4) is 0 Å². The van der Waals surface area contributed by atoms with E-state index in [9.17, 15) is 9.90 Å². The topological polar surface area (TPSA) is 46.5 Å². The van der Waals surface area contributed by atoms with E-state index in [1.807, 2.05) is 0 Å². The molecule has 0 aliphatic carbocycles. The fourth-order valence-corrected chi connectivity index (χ4v) is 2.41. The van der Waals surface area contributed by atoms with Gasteiger partial charge in [0.05, 0.1) is 13.2 Å². The standard InChI is InChI=1S/C17H34O3/c1-3-4-5-6-7-10-13-16(18)14-11-8-9-12-15-17(19)20-2/h16,18H,3-15H2,1-2H3/t16-/m0/s1. The molecule has 1 N–H and O–H groups in total. The number of aliphatic hydroxyl groups excluding tert-OH is 1. The predicted octanol–water partition coefficient (Wildman–Crippen LogP) is 4.61. The fraction of sp³-hybridized carbons (Fsp3) is 0.941. The van der Waals surface area contributed by atoms with Crippen molar-refractivity contribution in [1.82, 2.24) is 0 Å². The zero-order chi connectivity index (χ0) is 15.1. The molecular weight excluding hydrogens is 252 g/mol. The minimum atomic E-state index is -0.123. The third-order valence-electron chi connectivity index (χ3n) is 3.79. The maximum Gasteiger partial charge on any atom is 0.305 e. The highest BCUT2D eigenvalue weighted by atomic mass is 16.5. The molecule has 0 bridgehead atoms. The monoisotopic (exact) mass is 286 g/mol. The SMILES string of the molecule is CCCCCCCC[C@H](O)CCCCCCC(=O)OC. The number of esters is 1. The zero-order valence-electron chi connectivity index (χ0n) is 13.5. The molecule has 120 valence electrons. The number of aliphatic hydroxyl groups is 1. The molecule has 0 saturated heterocycles. The molecule has 0 spiro atoms. The molecule has 3 heteroatoms. The Morgan fingerprint density at radius 3 is 1.95 bits per heavy atom. The predicted molar refractivity (Wildman–Crippen MR) is 83.7 cm³/mol. The van der Waals surface area contributed by atoms with Crippen molar-refractivity contribution in [3.05, 3.63) is 0 Å². The van der Waals surface area contributed by atoms with Crippen molar-refractivity contribution < 1.29 is 14.6 Å². The minimum Gasteiger partial charge on any atom is -0.469 e. The lowest BCUT2D eigenvalue weighted by Crippen LogP contribution is -2.06. The Morgan fingerprint density at radius 1 is 0.900 bits per heavy atom. The minimum absolute atomic E-state index is 0.117. The van der Waals surface area contributed by atoms with E-state index in [0.717, 1.165) is 44.9 Å². The van der Waals surface area contributed by atoms with E-state index in [1.165, 1.54) is 39.2 Å². The van der Waals surface area contributed by atoms with Gasteiger partial charge >= 0.3 is 5.97 Å². The summed E-state index contributed by atoms with van der Waals surface area (Å²) in [6.07, 6.45) is 14.1. The van der Waals surface area contributed by atoms with E-state index in [0.29, 0.717) is 6.42 Å². The summed E-state index contributed by atoms with van der Waals surface area (Å²) >= 11 is 0. The lowest BCUT2D eigenvalue weighted by atomic mass is 10.0. The van der Waals surface area contributed by atoms with E-state index in [4.69, 9.17) is 0 Å². The van der Waals surface area contributed by atoms with Crippen LogP contribution < -0.4 is 0 Å². The Balaban J connectivity index is 3.20. The van der Waals surface area contributed by atoms with E-state index in [-0.39, 0.29) is 12.1 Å². The van der Waals surface area contributed by atoms with Gasteiger partial charge in [0.2, 0.25) is 0 Å². The first-order valence-corrected chi connectivity index (χ1v) is 8.45. The summed E-state index contributed by atoms with van der Waals surface area (Å²) in [5, 5.41) is 9.86. The molecule has 0 unspecified atom stereocenters. The summed E-state index contributed by atoms with van der Waals surface area (Å²) in [6.45, 7) is 2.23. The van der Waals surface area contributed by atoms with Crippen molar-refractivity contribution in [2.75, 3.05) is 7.11 Å². The van der Waals surface area contributed by atoms with Gasteiger partial charge in [-0.25, -0.2) is 0 Å². The number of unbranched alkanes of at least 4 members (excludes halogenated alkanes) is 8. The Morgan fingerprint density at radius 2 is 1.40 bits per heavy atom. The van der Waals surface area contributed by atoms with Crippen LogP contribution in [0.15, 0.2) is 0 Å². The Bertz CT molecular complexity index is 216. The number of ether oxygens (including phenoxy) is 1. The first-order valence-electron chi connectivity index (χ1n) is 8.45. The van der Waals surface area contributed by atoms with Gasteiger partial charge < -0.3 is 9.84 Å². The van der Waals surface area contributed by atoms with Crippen LogP contribution in [0.4, 0.5) is 0 Å². The maximum absolute atomic E-state index is 10.9. The normalized spacial score (nSPS) is 12.3. The average Bonchev–Trinajstić information content (AvgIpc) is 2.46. The van der Waals surface area contributed by atoms with Gasteiger partial charge in [0.15, 0.2) is 0 Å². The quantitative estimate of drug-likeness (QED) is 0.374. The fourth-order valence-electron chi connectivity index (χ4n) is 2.41. The van der Waals surface area contributed by atoms with Crippen LogP contribution in [0.1, 0.15) is 90.4 Å². The van der Waals surface area contributed by atoms with Crippen LogP contribution >= 0.6 is 0 Å². The molecule has 0 aromatic carbocycles. The average molecular weight is 286 g/mol. The van der Waals surface area contributed by atoms with Gasteiger partial charge in [0, 0.05) is 6.42 Å². The Labute approximate surface area is 125 Å². The second kappa shape index (κ2) is 14.8. The number of hydrogen-bond acceptors (Lipinski definition) is 3. The van der Waals surface area contributed by atoms with Gasteiger partial charge in [-0.05, 0) is 19.3 Å². The molecule has 0 aromatic rings. The molecular formula is C17H34O3. The lowest BCUT2D eigenvalue weighted by Gasteiger charge is -2.10.